The zero-order chi connectivity index (χ0) is 13.6. The van der Waals surface area contributed by atoms with Gasteiger partial charge in [-0.3, -0.25) is 14.4 Å². The fourth-order valence-corrected chi connectivity index (χ4v) is 1.38. The minimum atomic E-state index is -1.12. The summed E-state index contributed by atoms with van der Waals surface area (Å²) < 4.78 is 0. The monoisotopic (exact) mass is 245 g/mol. The Kier molecular flexibility index (Phi) is 6.19. The second kappa shape index (κ2) is 6.85. The highest BCUT2D eigenvalue weighted by atomic mass is 16.4. The van der Waals surface area contributed by atoms with E-state index in [1.165, 1.54) is 0 Å². The van der Waals surface area contributed by atoms with Crippen molar-refractivity contribution in [2.24, 2.45) is 17.4 Å². The summed E-state index contributed by atoms with van der Waals surface area (Å²) in [4.78, 5) is 34.2. The van der Waals surface area contributed by atoms with Crippen LogP contribution in [0.25, 0.3) is 0 Å². The van der Waals surface area contributed by atoms with E-state index in [0.29, 0.717) is 0 Å². The zero-order valence-corrected chi connectivity index (χ0v) is 10.0. The first-order chi connectivity index (χ1) is 7.73. The van der Waals surface area contributed by atoms with Gasteiger partial charge in [-0.2, -0.15) is 0 Å². The Labute approximate surface area is 99.7 Å². The molecule has 0 aliphatic heterocycles. The zero-order valence-electron chi connectivity index (χ0n) is 10.0. The van der Waals surface area contributed by atoms with Crippen molar-refractivity contribution in [1.29, 1.82) is 0 Å². The van der Waals surface area contributed by atoms with E-state index < -0.39 is 30.4 Å². The van der Waals surface area contributed by atoms with E-state index in [4.69, 9.17) is 16.6 Å². The third-order valence-corrected chi connectivity index (χ3v) is 1.96. The molecule has 0 spiro atoms. The van der Waals surface area contributed by atoms with Crippen LogP contribution in [0.15, 0.2) is 0 Å². The number of hydrogen-bond donors (Lipinski definition) is 3. The van der Waals surface area contributed by atoms with Gasteiger partial charge in [0.05, 0.1) is 12.5 Å². The van der Waals surface area contributed by atoms with Crippen LogP contribution in [0.2, 0.25) is 0 Å². The van der Waals surface area contributed by atoms with Crippen LogP contribution in [0.3, 0.4) is 0 Å². The van der Waals surface area contributed by atoms with Crippen molar-refractivity contribution in [3.63, 3.8) is 0 Å². The smallest absolute Gasteiger partial charge is 0.323 e. The highest BCUT2D eigenvalue weighted by Crippen LogP contribution is 2.03. The largest absolute Gasteiger partial charge is 0.480 e. The topological polar surface area (TPSA) is 127 Å². The molecular formula is C10H19N3O4. The van der Waals surface area contributed by atoms with Crippen molar-refractivity contribution in [3.8, 4) is 0 Å². The number of nitrogens with two attached hydrogens (primary N) is 2. The molecule has 2 amide bonds. The quantitative estimate of drug-likeness (QED) is 0.517. The molecule has 0 heterocycles. The number of primary amides is 1. The number of aliphatic carboxylic acids is 1. The third-order valence-electron chi connectivity index (χ3n) is 1.96. The van der Waals surface area contributed by atoms with Crippen LogP contribution < -0.4 is 11.5 Å². The van der Waals surface area contributed by atoms with E-state index in [1.807, 2.05) is 13.8 Å². The Morgan fingerprint density at radius 3 is 2.18 bits per heavy atom. The van der Waals surface area contributed by atoms with E-state index in [1.54, 1.807) is 0 Å². The Bertz CT molecular complexity index is 304. The molecule has 0 aromatic carbocycles. The molecule has 98 valence electrons. The SMILES string of the molecule is CC(C)CN(CC(=O)O)C(=O)C(N)CC(N)=O. The number of carboxylic acids is 1. The molecule has 0 rings (SSSR count). The van der Waals surface area contributed by atoms with Crippen LogP contribution in [0.4, 0.5) is 0 Å². The predicted molar refractivity (Wildman–Crippen MR) is 60.8 cm³/mol. The first-order valence-corrected chi connectivity index (χ1v) is 5.28. The summed E-state index contributed by atoms with van der Waals surface area (Å²) in [6.45, 7) is 3.55. The van der Waals surface area contributed by atoms with E-state index in [0.717, 1.165) is 4.90 Å². The van der Waals surface area contributed by atoms with Gasteiger partial charge in [0.15, 0.2) is 0 Å². The summed E-state index contributed by atoms with van der Waals surface area (Å²) in [5, 5.41) is 8.68. The molecular weight excluding hydrogens is 226 g/mol. The van der Waals surface area contributed by atoms with Crippen LogP contribution in [0.1, 0.15) is 20.3 Å². The third kappa shape index (κ3) is 6.52. The lowest BCUT2D eigenvalue weighted by atomic mass is 10.1. The highest BCUT2D eigenvalue weighted by molar-refractivity contribution is 5.89. The Hall–Kier alpha value is -1.63. The fraction of sp³-hybridized carbons (Fsp3) is 0.700. The minimum absolute atomic E-state index is 0.110. The standard InChI is InChI=1S/C10H19N3O4/c1-6(2)4-13(5-9(15)16)10(17)7(11)3-8(12)14/h6-7H,3-5,11H2,1-2H3,(H2,12,14)(H,15,16). The van der Waals surface area contributed by atoms with E-state index in [-0.39, 0.29) is 18.9 Å². The molecule has 0 aromatic heterocycles. The molecule has 0 saturated heterocycles. The van der Waals surface area contributed by atoms with E-state index >= 15 is 0 Å². The summed E-state index contributed by atoms with van der Waals surface area (Å²) in [6.07, 6.45) is -0.285. The highest BCUT2D eigenvalue weighted by Gasteiger charge is 2.24. The molecule has 0 radical (unpaired) electrons. The number of hydrogen-bond acceptors (Lipinski definition) is 4. The molecule has 1 atom stereocenters. The van der Waals surface area contributed by atoms with Crippen LogP contribution in [0.5, 0.6) is 0 Å². The van der Waals surface area contributed by atoms with Crippen LogP contribution in [0, 0.1) is 5.92 Å². The lowest BCUT2D eigenvalue weighted by molar-refractivity contribution is -0.145. The average Bonchev–Trinajstić information content (AvgIpc) is 2.12. The fourth-order valence-electron chi connectivity index (χ4n) is 1.38. The average molecular weight is 245 g/mol. The molecule has 17 heavy (non-hydrogen) atoms. The molecule has 0 aliphatic rings. The summed E-state index contributed by atoms with van der Waals surface area (Å²) >= 11 is 0. The van der Waals surface area contributed by atoms with E-state index in [9.17, 15) is 14.4 Å². The van der Waals surface area contributed by atoms with Gasteiger partial charge in [-0.25, -0.2) is 0 Å². The second-order valence-electron chi connectivity index (χ2n) is 4.28. The lowest BCUT2D eigenvalue weighted by Crippen LogP contribution is -2.48. The van der Waals surface area contributed by atoms with Gasteiger partial charge in [0.2, 0.25) is 11.8 Å². The second-order valence-corrected chi connectivity index (χ2v) is 4.28. The van der Waals surface area contributed by atoms with Crippen molar-refractivity contribution >= 4 is 17.8 Å². The van der Waals surface area contributed by atoms with Gasteiger partial charge in [0, 0.05) is 6.54 Å². The van der Waals surface area contributed by atoms with Gasteiger partial charge in [-0.1, -0.05) is 13.8 Å². The number of amides is 2. The van der Waals surface area contributed by atoms with Crippen molar-refractivity contribution in [2.75, 3.05) is 13.1 Å². The maximum Gasteiger partial charge on any atom is 0.323 e. The minimum Gasteiger partial charge on any atom is -0.480 e. The summed E-state index contributed by atoms with van der Waals surface area (Å²) in [7, 11) is 0. The maximum atomic E-state index is 11.8. The molecule has 0 bridgehead atoms. The van der Waals surface area contributed by atoms with Gasteiger partial charge in [-0.05, 0) is 5.92 Å². The molecule has 0 saturated carbocycles. The van der Waals surface area contributed by atoms with Crippen molar-refractivity contribution in [2.45, 2.75) is 26.3 Å². The van der Waals surface area contributed by atoms with E-state index in [2.05, 4.69) is 0 Å². The van der Waals surface area contributed by atoms with Crippen molar-refractivity contribution < 1.29 is 19.5 Å². The van der Waals surface area contributed by atoms with Crippen LogP contribution >= 0.6 is 0 Å². The number of carbonyl (C=O) groups is 3. The predicted octanol–water partition coefficient (Wildman–Crippen LogP) is -1.24. The summed E-state index contributed by atoms with van der Waals surface area (Å²) in [6, 6.07) is -1.08. The van der Waals surface area contributed by atoms with Crippen molar-refractivity contribution in [3.05, 3.63) is 0 Å². The van der Waals surface area contributed by atoms with Gasteiger partial charge < -0.3 is 21.5 Å². The van der Waals surface area contributed by atoms with Crippen molar-refractivity contribution in [1.82, 2.24) is 4.90 Å². The number of carbonyl (C=O) groups excluding carboxylic acids is 2. The van der Waals surface area contributed by atoms with Crippen LogP contribution in [-0.4, -0.2) is 46.9 Å². The molecule has 0 aliphatic carbocycles. The Morgan fingerprint density at radius 2 is 1.82 bits per heavy atom. The first-order valence-electron chi connectivity index (χ1n) is 5.28. The molecule has 7 heteroatoms. The molecule has 1 unspecified atom stereocenters. The van der Waals surface area contributed by atoms with Gasteiger partial charge >= 0.3 is 5.97 Å². The number of rotatable bonds is 7. The molecule has 0 fully saturated rings. The molecule has 7 nitrogen and oxygen atoms in total. The van der Waals surface area contributed by atoms with Gasteiger partial charge in [-0.15, -0.1) is 0 Å². The number of carboxylic acid groups (broad SMARTS) is 1. The van der Waals surface area contributed by atoms with Crippen LogP contribution in [-0.2, 0) is 14.4 Å². The number of nitrogens with zero attached hydrogens (tertiary/aromatic N) is 1. The Morgan fingerprint density at radius 1 is 1.29 bits per heavy atom. The first kappa shape index (κ1) is 15.4. The summed E-state index contributed by atoms with van der Waals surface area (Å²) in [5.41, 5.74) is 10.4. The normalized spacial score (nSPS) is 12.2. The Balaban J connectivity index is 4.60. The maximum absolute atomic E-state index is 11.8. The lowest BCUT2D eigenvalue weighted by Gasteiger charge is -2.25. The molecule has 5 N–H and O–H groups in total. The molecule has 0 aromatic rings. The van der Waals surface area contributed by atoms with Gasteiger partial charge in [0.25, 0.3) is 0 Å². The summed E-state index contributed by atoms with van der Waals surface area (Å²) in [5.74, 6) is -2.27. The van der Waals surface area contributed by atoms with Gasteiger partial charge in [0.1, 0.15) is 6.54 Å².